The maximum Gasteiger partial charge on any atom is 0.240 e. The predicted octanol–water partition coefficient (Wildman–Crippen LogP) is 3.13. The Bertz CT molecular complexity index is 334. The van der Waals surface area contributed by atoms with Gasteiger partial charge in [-0.15, -0.1) is 0 Å². The van der Waals surface area contributed by atoms with Gasteiger partial charge < -0.3 is 4.90 Å². The SMILES string of the molecule is CC[C@H](Br)C(=O)N(C)c1ccc(C)cc1. The molecule has 0 bridgehead atoms. The van der Waals surface area contributed by atoms with E-state index in [9.17, 15) is 4.79 Å². The van der Waals surface area contributed by atoms with Gasteiger partial charge in [-0.3, -0.25) is 4.79 Å². The van der Waals surface area contributed by atoms with E-state index >= 15 is 0 Å². The molecule has 0 heterocycles. The second kappa shape index (κ2) is 5.31. The van der Waals surface area contributed by atoms with Crippen molar-refractivity contribution in [2.45, 2.75) is 25.1 Å². The van der Waals surface area contributed by atoms with Gasteiger partial charge in [-0.2, -0.15) is 0 Å². The second-order valence-corrected chi connectivity index (χ2v) is 4.71. The van der Waals surface area contributed by atoms with E-state index in [0.29, 0.717) is 0 Å². The molecule has 3 heteroatoms. The van der Waals surface area contributed by atoms with E-state index in [1.165, 1.54) is 5.56 Å². The molecule has 0 N–H and O–H groups in total. The molecule has 1 amide bonds. The number of halogens is 1. The molecule has 15 heavy (non-hydrogen) atoms. The second-order valence-electron chi connectivity index (χ2n) is 3.61. The van der Waals surface area contributed by atoms with Gasteiger partial charge in [-0.25, -0.2) is 0 Å². The van der Waals surface area contributed by atoms with Crippen LogP contribution in [0, 0.1) is 6.92 Å². The summed E-state index contributed by atoms with van der Waals surface area (Å²) in [5.74, 6) is 0.0985. The number of carbonyl (C=O) groups excluding carboxylic acids is 1. The van der Waals surface area contributed by atoms with Gasteiger partial charge in [0.1, 0.15) is 0 Å². The van der Waals surface area contributed by atoms with Crippen LogP contribution in [0.4, 0.5) is 5.69 Å². The first-order valence-electron chi connectivity index (χ1n) is 5.04. The minimum atomic E-state index is -0.0937. The Morgan fingerprint density at radius 2 is 1.93 bits per heavy atom. The summed E-state index contributed by atoms with van der Waals surface area (Å²) in [7, 11) is 1.80. The van der Waals surface area contributed by atoms with Crippen molar-refractivity contribution in [3.05, 3.63) is 29.8 Å². The Hall–Kier alpha value is -0.830. The Kier molecular flexibility index (Phi) is 4.33. The van der Waals surface area contributed by atoms with Gasteiger partial charge in [0.15, 0.2) is 0 Å². The zero-order chi connectivity index (χ0) is 11.4. The zero-order valence-corrected chi connectivity index (χ0v) is 10.9. The summed E-state index contributed by atoms with van der Waals surface area (Å²) >= 11 is 3.36. The summed E-state index contributed by atoms with van der Waals surface area (Å²) in [6.45, 7) is 4.02. The number of benzene rings is 1. The lowest BCUT2D eigenvalue weighted by Crippen LogP contribution is -2.32. The molecule has 82 valence electrons. The highest BCUT2D eigenvalue weighted by Crippen LogP contribution is 2.17. The number of aryl methyl sites for hydroxylation is 1. The molecule has 0 spiro atoms. The maximum absolute atomic E-state index is 11.8. The van der Waals surface area contributed by atoms with Gasteiger partial charge in [0, 0.05) is 12.7 Å². The van der Waals surface area contributed by atoms with Crippen molar-refractivity contribution in [1.29, 1.82) is 0 Å². The zero-order valence-electron chi connectivity index (χ0n) is 9.33. The van der Waals surface area contributed by atoms with Crippen molar-refractivity contribution in [1.82, 2.24) is 0 Å². The van der Waals surface area contributed by atoms with Crippen LogP contribution in [0.1, 0.15) is 18.9 Å². The molecule has 0 aliphatic rings. The molecule has 0 aliphatic heterocycles. The highest BCUT2D eigenvalue weighted by molar-refractivity contribution is 9.10. The predicted molar refractivity (Wildman–Crippen MR) is 67.6 cm³/mol. The third-order valence-corrected chi connectivity index (χ3v) is 3.42. The van der Waals surface area contributed by atoms with Crippen molar-refractivity contribution in [2.24, 2.45) is 0 Å². The quantitative estimate of drug-likeness (QED) is 0.773. The van der Waals surface area contributed by atoms with E-state index in [-0.39, 0.29) is 10.7 Å². The van der Waals surface area contributed by atoms with Crippen LogP contribution in [0.25, 0.3) is 0 Å². The van der Waals surface area contributed by atoms with Crippen molar-refractivity contribution in [2.75, 3.05) is 11.9 Å². The average molecular weight is 270 g/mol. The molecular formula is C12H16BrNO. The Balaban J connectivity index is 2.80. The van der Waals surface area contributed by atoms with Crippen LogP contribution in [-0.2, 0) is 4.79 Å². The Morgan fingerprint density at radius 1 is 1.40 bits per heavy atom. The molecule has 0 aromatic heterocycles. The number of anilines is 1. The topological polar surface area (TPSA) is 20.3 Å². The van der Waals surface area contributed by atoms with Gasteiger partial charge in [0.05, 0.1) is 4.83 Å². The molecule has 0 aliphatic carbocycles. The minimum absolute atomic E-state index is 0.0937. The normalized spacial score (nSPS) is 12.3. The van der Waals surface area contributed by atoms with Gasteiger partial charge in [-0.05, 0) is 25.5 Å². The van der Waals surface area contributed by atoms with E-state index in [1.807, 2.05) is 38.1 Å². The largest absolute Gasteiger partial charge is 0.315 e. The van der Waals surface area contributed by atoms with Gasteiger partial charge in [-0.1, -0.05) is 40.5 Å². The van der Waals surface area contributed by atoms with E-state index in [0.717, 1.165) is 12.1 Å². The smallest absolute Gasteiger partial charge is 0.240 e. The number of hydrogen-bond donors (Lipinski definition) is 0. The van der Waals surface area contributed by atoms with Crippen LogP contribution >= 0.6 is 15.9 Å². The number of hydrogen-bond acceptors (Lipinski definition) is 1. The molecule has 0 saturated heterocycles. The number of carbonyl (C=O) groups is 1. The summed E-state index contributed by atoms with van der Waals surface area (Å²) in [5.41, 5.74) is 2.13. The van der Waals surface area contributed by atoms with E-state index in [1.54, 1.807) is 11.9 Å². The van der Waals surface area contributed by atoms with Crippen LogP contribution < -0.4 is 4.90 Å². The molecular weight excluding hydrogens is 254 g/mol. The van der Waals surface area contributed by atoms with Crippen molar-refractivity contribution >= 4 is 27.5 Å². The summed E-state index contributed by atoms with van der Waals surface area (Å²) in [6, 6.07) is 7.94. The van der Waals surface area contributed by atoms with Crippen LogP contribution in [0.5, 0.6) is 0 Å². The highest BCUT2D eigenvalue weighted by atomic mass is 79.9. The Labute approximate surface area is 99.4 Å². The van der Waals surface area contributed by atoms with Crippen molar-refractivity contribution in [3.8, 4) is 0 Å². The first-order chi connectivity index (χ1) is 7.06. The lowest BCUT2D eigenvalue weighted by molar-refractivity contribution is -0.117. The summed E-state index contributed by atoms with van der Waals surface area (Å²) in [5, 5.41) is 0. The van der Waals surface area contributed by atoms with E-state index in [2.05, 4.69) is 15.9 Å². The van der Waals surface area contributed by atoms with Crippen LogP contribution in [-0.4, -0.2) is 17.8 Å². The molecule has 0 unspecified atom stereocenters. The standard InChI is InChI=1S/C12H16BrNO/c1-4-11(13)12(15)14(3)10-7-5-9(2)6-8-10/h5-8,11H,4H2,1-3H3/t11-/m0/s1. The van der Waals surface area contributed by atoms with Crippen LogP contribution in [0.15, 0.2) is 24.3 Å². The van der Waals surface area contributed by atoms with Gasteiger partial charge >= 0.3 is 0 Å². The van der Waals surface area contributed by atoms with Crippen LogP contribution in [0.3, 0.4) is 0 Å². The third kappa shape index (κ3) is 3.06. The highest BCUT2D eigenvalue weighted by Gasteiger charge is 2.17. The fourth-order valence-electron chi connectivity index (χ4n) is 1.28. The number of amides is 1. The maximum atomic E-state index is 11.8. The summed E-state index contributed by atoms with van der Waals surface area (Å²) in [4.78, 5) is 13.4. The average Bonchev–Trinajstić information content (AvgIpc) is 2.27. The first kappa shape index (κ1) is 12.2. The van der Waals surface area contributed by atoms with E-state index < -0.39 is 0 Å². The molecule has 0 radical (unpaired) electrons. The van der Waals surface area contributed by atoms with Gasteiger partial charge in [0.25, 0.3) is 0 Å². The van der Waals surface area contributed by atoms with Crippen molar-refractivity contribution < 1.29 is 4.79 Å². The Morgan fingerprint density at radius 3 is 2.40 bits per heavy atom. The fraction of sp³-hybridized carbons (Fsp3) is 0.417. The molecule has 0 saturated carbocycles. The molecule has 1 aromatic carbocycles. The molecule has 1 aromatic rings. The molecule has 1 atom stereocenters. The summed E-state index contributed by atoms with van der Waals surface area (Å²) in [6.07, 6.45) is 0.801. The van der Waals surface area contributed by atoms with Gasteiger partial charge in [0.2, 0.25) is 5.91 Å². The number of rotatable bonds is 3. The fourth-order valence-corrected chi connectivity index (χ4v) is 1.59. The molecule has 0 fully saturated rings. The molecule has 2 nitrogen and oxygen atoms in total. The lowest BCUT2D eigenvalue weighted by Gasteiger charge is -2.20. The van der Waals surface area contributed by atoms with E-state index in [4.69, 9.17) is 0 Å². The number of alkyl halides is 1. The summed E-state index contributed by atoms with van der Waals surface area (Å²) < 4.78 is 0. The number of nitrogens with zero attached hydrogens (tertiary/aromatic N) is 1. The third-order valence-electron chi connectivity index (χ3n) is 2.38. The monoisotopic (exact) mass is 269 g/mol. The minimum Gasteiger partial charge on any atom is -0.315 e. The van der Waals surface area contributed by atoms with Crippen LogP contribution in [0.2, 0.25) is 0 Å². The molecule has 1 rings (SSSR count). The van der Waals surface area contributed by atoms with Crippen molar-refractivity contribution in [3.63, 3.8) is 0 Å². The lowest BCUT2D eigenvalue weighted by atomic mass is 10.2. The first-order valence-corrected chi connectivity index (χ1v) is 5.96.